The molecule has 2 aliphatic rings. The predicted octanol–water partition coefficient (Wildman–Crippen LogP) is 2.07. The molecule has 0 radical (unpaired) electrons. The van der Waals surface area contributed by atoms with Gasteiger partial charge < -0.3 is 9.80 Å². The Hall–Kier alpha value is -1.17. The van der Waals surface area contributed by atoms with E-state index in [4.69, 9.17) is 0 Å². The first-order valence-electron chi connectivity index (χ1n) is 7.47. The number of anilines is 1. The second-order valence-electron chi connectivity index (χ2n) is 5.92. The molecule has 0 spiro atoms. The van der Waals surface area contributed by atoms with E-state index < -0.39 is 0 Å². The number of amides is 1. The number of carbonyl (C=O) groups is 1. The maximum Gasteiger partial charge on any atom is 0.225 e. The van der Waals surface area contributed by atoms with Crippen LogP contribution in [-0.2, 0) is 4.79 Å². The second-order valence-corrected chi connectivity index (χ2v) is 7.08. The Morgan fingerprint density at radius 2 is 2.10 bits per heavy atom. The Kier molecular flexibility index (Phi) is 3.92. The van der Waals surface area contributed by atoms with Crippen molar-refractivity contribution in [2.45, 2.75) is 45.1 Å². The van der Waals surface area contributed by atoms with Crippen LogP contribution < -0.4 is 4.90 Å². The van der Waals surface area contributed by atoms with Gasteiger partial charge in [-0.15, -0.1) is 10.2 Å². The summed E-state index contributed by atoms with van der Waals surface area (Å²) in [4.78, 5) is 16.6. The lowest BCUT2D eigenvalue weighted by molar-refractivity contribution is -0.139. The highest BCUT2D eigenvalue weighted by molar-refractivity contribution is 7.15. The molecular formula is C14H22N4OS. The number of aromatic nitrogens is 2. The number of piperidine rings is 1. The molecule has 1 aliphatic heterocycles. The summed E-state index contributed by atoms with van der Waals surface area (Å²) in [5, 5.41) is 10.3. The fraction of sp³-hybridized carbons (Fsp3) is 0.786. The van der Waals surface area contributed by atoms with E-state index in [1.165, 1.54) is 6.42 Å². The molecule has 2 fully saturated rings. The monoisotopic (exact) mass is 294 g/mol. The smallest absolute Gasteiger partial charge is 0.225 e. The first-order chi connectivity index (χ1) is 9.65. The zero-order valence-electron chi connectivity index (χ0n) is 12.2. The van der Waals surface area contributed by atoms with Gasteiger partial charge in [0.2, 0.25) is 11.0 Å². The summed E-state index contributed by atoms with van der Waals surface area (Å²) in [7, 11) is 1.97. The molecule has 1 atom stereocenters. The van der Waals surface area contributed by atoms with Gasteiger partial charge in [-0.25, -0.2) is 0 Å². The van der Waals surface area contributed by atoms with E-state index in [1.807, 2.05) is 18.9 Å². The van der Waals surface area contributed by atoms with Gasteiger partial charge in [0.05, 0.1) is 0 Å². The molecule has 0 aromatic carbocycles. The molecular weight excluding hydrogens is 272 g/mol. The van der Waals surface area contributed by atoms with Crippen molar-refractivity contribution in [2.24, 2.45) is 5.92 Å². The molecule has 110 valence electrons. The van der Waals surface area contributed by atoms with Crippen molar-refractivity contribution in [2.75, 3.05) is 25.0 Å². The van der Waals surface area contributed by atoms with Crippen molar-refractivity contribution >= 4 is 22.4 Å². The zero-order chi connectivity index (χ0) is 14.1. The molecule has 1 saturated carbocycles. The molecule has 1 aliphatic carbocycles. The third-order valence-corrected chi connectivity index (χ3v) is 5.43. The van der Waals surface area contributed by atoms with E-state index in [0.717, 1.165) is 48.9 Å². The highest BCUT2D eigenvalue weighted by Crippen LogP contribution is 2.30. The largest absolute Gasteiger partial charge is 0.345 e. The fourth-order valence-electron chi connectivity index (χ4n) is 2.98. The molecule has 20 heavy (non-hydrogen) atoms. The molecule has 5 nitrogen and oxygen atoms in total. The predicted molar refractivity (Wildman–Crippen MR) is 80.0 cm³/mol. The van der Waals surface area contributed by atoms with Crippen LogP contribution in [0.4, 0.5) is 5.13 Å². The van der Waals surface area contributed by atoms with Gasteiger partial charge in [0.1, 0.15) is 5.01 Å². The number of aryl methyl sites for hydroxylation is 1. The first-order valence-corrected chi connectivity index (χ1v) is 8.28. The number of carbonyl (C=O) groups excluding carboxylic acids is 1. The number of likely N-dealkylation sites (N-methyl/N-ethyl adjacent to an activating group) is 1. The molecule has 1 unspecified atom stereocenters. The fourth-order valence-corrected chi connectivity index (χ4v) is 3.70. The van der Waals surface area contributed by atoms with Gasteiger partial charge in [-0.1, -0.05) is 17.8 Å². The lowest BCUT2D eigenvalue weighted by Crippen LogP contribution is -2.50. The molecule has 3 rings (SSSR count). The maximum atomic E-state index is 12.4. The van der Waals surface area contributed by atoms with E-state index in [9.17, 15) is 4.79 Å². The van der Waals surface area contributed by atoms with Crippen LogP contribution >= 0.6 is 11.3 Å². The van der Waals surface area contributed by atoms with Gasteiger partial charge >= 0.3 is 0 Å². The van der Waals surface area contributed by atoms with Gasteiger partial charge in [-0.2, -0.15) is 0 Å². The van der Waals surface area contributed by atoms with Gasteiger partial charge in [0.15, 0.2) is 0 Å². The topological polar surface area (TPSA) is 49.3 Å². The van der Waals surface area contributed by atoms with Gasteiger partial charge in [0.25, 0.3) is 0 Å². The van der Waals surface area contributed by atoms with Crippen molar-refractivity contribution in [1.82, 2.24) is 15.1 Å². The van der Waals surface area contributed by atoms with Crippen LogP contribution in [-0.4, -0.2) is 47.2 Å². The summed E-state index contributed by atoms with van der Waals surface area (Å²) in [5.41, 5.74) is 0. The third kappa shape index (κ3) is 2.66. The van der Waals surface area contributed by atoms with Gasteiger partial charge in [0, 0.05) is 32.1 Å². The van der Waals surface area contributed by atoms with E-state index in [-0.39, 0.29) is 0 Å². The number of hydrogen-bond acceptors (Lipinski definition) is 5. The minimum Gasteiger partial charge on any atom is -0.345 e. The highest BCUT2D eigenvalue weighted by atomic mass is 32.1. The Balaban J connectivity index is 1.63. The van der Waals surface area contributed by atoms with Crippen molar-refractivity contribution in [3.05, 3.63) is 5.01 Å². The molecule has 2 heterocycles. The van der Waals surface area contributed by atoms with E-state index in [2.05, 4.69) is 15.1 Å². The van der Waals surface area contributed by atoms with E-state index >= 15 is 0 Å². The molecule has 0 bridgehead atoms. The summed E-state index contributed by atoms with van der Waals surface area (Å²) in [5.74, 6) is 0.635. The standard InChI is InChI=1S/C14H22N4OS/c1-10-15-16-14(20-10)18-8-4-7-12(9-18)17(2)13(19)11-5-3-6-11/h11-12H,3-9H2,1-2H3. The Morgan fingerprint density at radius 3 is 2.70 bits per heavy atom. The van der Waals surface area contributed by atoms with Crippen LogP contribution in [0.2, 0.25) is 0 Å². The normalized spacial score (nSPS) is 23.5. The minimum atomic E-state index is 0.291. The van der Waals surface area contributed by atoms with Crippen molar-refractivity contribution < 1.29 is 4.79 Å². The summed E-state index contributed by atoms with van der Waals surface area (Å²) in [6.07, 6.45) is 5.59. The molecule has 1 aromatic heterocycles. The average molecular weight is 294 g/mol. The summed E-state index contributed by atoms with van der Waals surface area (Å²) in [6.45, 7) is 3.90. The lowest BCUT2D eigenvalue weighted by atomic mass is 9.84. The van der Waals surface area contributed by atoms with Crippen LogP contribution in [0.1, 0.15) is 37.1 Å². The molecule has 0 N–H and O–H groups in total. The zero-order valence-corrected chi connectivity index (χ0v) is 13.0. The molecule has 6 heteroatoms. The van der Waals surface area contributed by atoms with Crippen molar-refractivity contribution in [3.63, 3.8) is 0 Å². The Morgan fingerprint density at radius 1 is 1.30 bits per heavy atom. The van der Waals surface area contributed by atoms with Crippen LogP contribution in [0, 0.1) is 12.8 Å². The van der Waals surface area contributed by atoms with Crippen LogP contribution in [0.3, 0.4) is 0 Å². The van der Waals surface area contributed by atoms with Crippen LogP contribution in [0.15, 0.2) is 0 Å². The van der Waals surface area contributed by atoms with E-state index in [1.54, 1.807) is 11.3 Å². The van der Waals surface area contributed by atoms with Crippen molar-refractivity contribution in [1.29, 1.82) is 0 Å². The molecule has 1 amide bonds. The first kappa shape index (κ1) is 13.8. The summed E-state index contributed by atoms with van der Waals surface area (Å²) >= 11 is 1.64. The van der Waals surface area contributed by atoms with Gasteiger partial charge in [-0.3, -0.25) is 4.79 Å². The summed E-state index contributed by atoms with van der Waals surface area (Å²) in [6, 6.07) is 0.320. The number of rotatable bonds is 3. The van der Waals surface area contributed by atoms with Crippen LogP contribution in [0.5, 0.6) is 0 Å². The maximum absolute atomic E-state index is 12.4. The second kappa shape index (κ2) is 5.68. The highest BCUT2D eigenvalue weighted by Gasteiger charge is 2.33. The average Bonchev–Trinajstić information content (AvgIpc) is 2.83. The van der Waals surface area contributed by atoms with E-state index in [0.29, 0.717) is 17.9 Å². The summed E-state index contributed by atoms with van der Waals surface area (Å²) < 4.78 is 0. The minimum absolute atomic E-state index is 0.291. The third-order valence-electron chi connectivity index (χ3n) is 4.53. The molecule has 1 saturated heterocycles. The quantitative estimate of drug-likeness (QED) is 0.856. The Bertz CT molecular complexity index is 485. The lowest BCUT2D eigenvalue weighted by Gasteiger charge is -2.39. The van der Waals surface area contributed by atoms with Gasteiger partial charge in [-0.05, 0) is 32.6 Å². The number of nitrogens with zero attached hydrogens (tertiary/aromatic N) is 4. The number of hydrogen-bond donors (Lipinski definition) is 0. The van der Waals surface area contributed by atoms with Crippen molar-refractivity contribution in [3.8, 4) is 0 Å². The van der Waals surface area contributed by atoms with Crippen LogP contribution in [0.25, 0.3) is 0 Å². The SMILES string of the molecule is Cc1nnc(N2CCCC(N(C)C(=O)C3CCC3)C2)s1. The molecule has 1 aromatic rings. The Labute approximate surface area is 124 Å².